The first-order chi connectivity index (χ1) is 7.17. The molecule has 1 atom stereocenters. The zero-order valence-corrected chi connectivity index (χ0v) is 8.36. The van der Waals surface area contributed by atoms with Gasteiger partial charge in [0.2, 0.25) is 0 Å². The minimum Gasteiger partial charge on any atom is -0.422 e. The lowest BCUT2D eigenvalue weighted by atomic mass is 10.1. The SMILES string of the molecule is CC(C#C/C(CO)=C1/C=CC(=O)O1)CO. The van der Waals surface area contributed by atoms with Crippen LogP contribution in [0.1, 0.15) is 6.92 Å². The Hall–Kier alpha value is -1.57. The molecule has 0 bridgehead atoms. The lowest BCUT2D eigenvalue weighted by molar-refractivity contribution is -0.132. The van der Waals surface area contributed by atoms with Crippen molar-refractivity contribution in [2.24, 2.45) is 5.92 Å². The molecule has 0 fully saturated rings. The van der Waals surface area contributed by atoms with Crippen LogP contribution in [0.3, 0.4) is 0 Å². The summed E-state index contributed by atoms with van der Waals surface area (Å²) in [6, 6.07) is 0. The molecule has 0 aromatic carbocycles. The number of carbonyl (C=O) groups excluding carboxylic acids is 1. The van der Waals surface area contributed by atoms with E-state index >= 15 is 0 Å². The van der Waals surface area contributed by atoms with Crippen molar-refractivity contribution < 1.29 is 19.7 Å². The van der Waals surface area contributed by atoms with Crippen molar-refractivity contribution in [3.05, 3.63) is 23.5 Å². The first kappa shape index (κ1) is 11.5. The Morgan fingerprint density at radius 2 is 2.27 bits per heavy atom. The molecule has 2 N–H and O–H groups in total. The van der Waals surface area contributed by atoms with E-state index in [0.29, 0.717) is 5.57 Å². The number of aliphatic hydroxyl groups excluding tert-OH is 2. The average molecular weight is 208 g/mol. The van der Waals surface area contributed by atoms with Crippen LogP contribution >= 0.6 is 0 Å². The van der Waals surface area contributed by atoms with E-state index in [2.05, 4.69) is 11.8 Å². The summed E-state index contributed by atoms with van der Waals surface area (Å²) in [6.45, 7) is 1.41. The molecule has 4 heteroatoms. The maximum atomic E-state index is 10.8. The highest BCUT2D eigenvalue weighted by Crippen LogP contribution is 2.13. The summed E-state index contributed by atoms with van der Waals surface area (Å²) in [5.41, 5.74) is 0.345. The monoisotopic (exact) mass is 208 g/mol. The molecular formula is C11H12O4. The highest BCUT2D eigenvalue weighted by Gasteiger charge is 2.13. The molecule has 0 amide bonds. The number of carbonyl (C=O) groups is 1. The van der Waals surface area contributed by atoms with Gasteiger partial charge in [0.25, 0.3) is 0 Å². The summed E-state index contributed by atoms with van der Waals surface area (Å²) in [5, 5.41) is 17.8. The summed E-state index contributed by atoms with van der Waals surface area (Å²) in [7, 11) is 0. The van der Waals surface area contributed by atoms with Gasteiger partial charge < -0.3 is 14.9 Å². The van der Waals surface area contributed by atoms with Crippen molar-refractivity contribution in [1.29, 1.82) is 0 Å². The van der Waals surface area contributed by atoms with Crippen LogP contribution in [0.4, 0.5) is 0 Å². The van der Waals surface area contributed by atoms with Gasteiger partial charge in [0.15, 0.2) is 0 Å². The van der Waals surface area contributed by atoms with Crippen molar-refractivity contribution in [2.75, 3.05) is 13.2 Å². The Bertz CT molecular complexity index is 368. The van der Waals surface area contributed by atoms with Crippen molar-refractivity contribution in [1.82, 2.24) is 0 Å². The Kier molecular flexibility index (Phi) is 4.10. The molecule has 0 spiro atoms. The van der Waals surface area contributed by atoms with Gasteiger partial charge in [0.1, 0.15) is 5.76 Å². The van der Waals surface area contributed by atoms with E-state index in [1.54, 1.807) is 6.92 Å². The van der Waals surface area contributed by atoms with E-state index in [4.69, 9.17) is 14.9 Å². The molecule has 0 saturated carbocycles. The normalized spacial score (nSPS) is 19.3. The fraction of sp³-hybridized carbons (Fsp3) is 0.364. The van der Waals surface area contributed by atoms with Crippen molar-refractivity contribution >= 4 is 5.97 Å². The predicted molar refractivity (Wildman–Crippen MR) is 53.4 cm³/mol. The van der Waals surface area contributed by atoms with Crippen LogP contribution in [0.5, 0.6) is 0 Å². The Morgan fingerprint density at radius 1 is 1.53 bits per heavy atom. The predicted octanol–water partition coefficient (Wildman–Crippen LogP) is -0.0224. The molecule has 0 aromatic heterocycles. The second-order valence-corrected chi connectivity index (χ2v) is 3.11. The number of hydrogen-bond donors (Lipinski definition) is 2. The molecule has 1 aliphatic rings. The van der Waals surface area contributed by atoms with E-state index in [0.717, 1.165) is 0 Å². The Labute approximate surface area is 87.9 Å². The third-order valence-corrected chi connectivity index (χ3v) is 1.78. The molecule has 0 aliphatic carbocycles. The molecule has 0 saturated heterocycles. The van der Waals surface area contributed by atoms with Crippen LogP contribution in [0.2, 0.25) is 0 Å². The lowest BCUT2D eigenvalue weighted by Gasteiger charge is -2.00. The Morgan fingerprint density at radius 3 is 2.73 bits per heavy atom. The Balaban J connectivity index is 2.83. The van der Waals surface area contributed by atoms with Gasteiger partial charge in [-0.3, -0.25) is 0 Å². The minimum absolute atomic E-state index is 0.0450. The molecule has 1 heterocycles. The van der Waals surface area contributed by atoms with Gasteiger partial charge in [-0.05, 0) is 13.0 Å². The largest absolute Gasteiger partial charge is 0.422 e. The topological polar surface area (TPSA) is 66.8 Å². The summed E-state index contributed by atoms with van der Waals surface area (Å²) in [4.78, 5) is 10.8. The smallest absolute Gasteiger partial charge is 0.336 e. The minimum atomic E-state index is -0.465. The number of rotatable bonds is 2. The maximum Gasteiger partial charge on any atom is 0.336 e. The maximum absolute atomic E-state index is 10.8. The third-order valence-electron chi connectivity index (χ3n) is 1.78. The van der Waals surface area contributed by atoms with Gasteiger partial charge in [0, 0.05) is 12.0 Å². The lowest BCUT2D eigenvalue weighted by Crippen LogP contribution is -1.99. The summed E-state index contributed by atoms with van der Waals surface area (Å²) in [6.07, 6.45) is 2.73. The van der Waals surface area contributed by atoms with E-state index in [-0.39, 0.29) is 24.9 Å². The third kappa shape index (κ3) is 3.24. The molecule has 1 unspecified atom stereocenters. The quantitative estimate of drug-likeness (QED) is 0.494. The highest BCUT2D eigenvalue weighted by molar-refractivity contribution is 5.86. The molecule has 1 rings (SSSR count). The van der Waals surface area contributed by atoms with Crippen molar-refractivity contribution in [3.8, 4) is 11.8 Å². The molecule has 15 heavy (non-hydrogen) atoms. The van der Waals surface area contributed by atoms with Gasteiger partial charge in [-0.2, -0.15) is 0 Å². The number of allylic oxidation sites excluding steroid dienone is 1. The van der Waals surface area contributed by atoms with Crippen LogP contribution in [0.15, 0.2) is 23.5 Å². The van der Waals surface area contributed by atoms with Gasteiger partial charge in [-0.1, -0.05) is 11.8 Å². The van der Waals surface area contributed by atoms with Gasteiger partial charge in [-0.15, -0.1) is 0 Å². The molecule has 1 aliphatic heterocycles. The van der Waals surface area contributed by atoms with Crippen LogP contribution < -0.4 is 0 Å². The van der Waals surface area contributed by atoms with E-state index in [9.17, 15) is 4.79 Å². The molecular weight excluding hydrogens is 196 g/mol. The van der Waals surface area contributed by atoms with E-state index in [1.165, 1.54) is 12.2 Å². The second kappa shape index (κ2) is 5.35. The molecule has 0 aromatic rings. The zero-order valence-electron chi connectivity index (χ0n) is 8.36. The summed E-state index contributed by atoms with van der Waals surface area (Å²) in [5.74, 6) is 5.05. The number of aliphatic hydroxyl groups is 2. The van der Waals surface area contributed by atoms with Crippen LogP contribution in [0, 0.1) is 17.8 Å². The summed E-state index contributed by atoms with van der Waals surface area (Å²) < 4.78 is 4.78. The number of hydrogen-bond acceptors (Lipinski definition) is 4. The van der Waals surface area contributed by atoms with Crippen molar-refractivity contribution in [3.63, 3.8) is 0 Å². The average Bonchev–Trinajstić information content (AvgIpc) is 2.65. The fourth-order valence-corrected chi connectivity index (χ4v) is 0.917. The van der Waals surface area contributed by atoms with Crippen molar-refractivity contribution in [2.45, 2.75) is 6.92 Å². The van der Waals surface area contributed by atoms with E-state index < -0.39 is 5.97 Å². The number of ether oxygens (including phenoxy) is 1. The van der Waals surface area contributed by atoms with Crippen LogP contribution in [-0.4, -0.2) is 29.4 Å². The fourth-order valence-electron chi connectivity index (χ4n) is 0.917. The molecule has 0 radical (unpaired) electrons. The van der Waals surface area contributed by atoms with Gasteiger partial charge in [0.05, 0.1) is 18.8 Å². The second-order valence-electron chi connectivity index (χ2n) is 3.11. The first-order valence-electron chi connectivity index (χ1n) is 4.53. The zero-order chi connectivity index (χ0) is 11.3. The van der Waals surface area contributed by atoms with Crippen LogP contribution in [0.25, 0.3) is 0 Å². The summed E-state index contributed by atoms with van der Waals surface area (Å²) >= 11 is 0. The van der Waals surface area contributed by atoms with Gasteiger partial charge in [-0.25, -0.2) is 4.79 Å². The van der Waals surface area contributed by atoms with Crippen LogP contribution in [-0.2, 0) is 9.53 Å². The van der Waals surface area contributed by atoms with E-state index in [1.807, 2.05) is 0 Å². The first-order valence-corrected chi connectivity index (χ1v) is 4.53. The van der Waals surface area contributed by atoms with Gasteiger partial charge >= 0.3 is 5.97 Å². The highest BCUT2D eigenvalue weighted by atomic mass is 16.5. The number of esters is 1. The standard InChI is InChI=1S/C11H12O4/c1-8(6-12)2-3-9(7-13)10-4-5-11(14)15-10/h4-5,8,12-13H,6-7H2,1H3/b10-9+. The molecule has 80 valence electrons. The molecule has 4 nitrogen and oxygen atoms in total. The number of cyclic esters (lactones) is 1.